The second-order valence-electron chi connectivity index (χ2n) is 2.76. The summed E-state index contributed by atoms with van der Waals surface area (Å²) in [6, 6.07) is 0. The topological polar surface area (TPSA) is 20.2 Å². The van der Waals surface area contributed by atoms with Crippen molar-refractivity contribution in [2.45, 2.75) is 20.3 Å². The van der Waals surface area contributed by atoms with Gasteiger partial charge in [0.2, 0.25) is 0 Å². The first-order valence-corrected chi connectivity index (χ1v) is 4.02. The monoisotopic (exact) mass is 168 g/mol. The molecule has 1 aliphatic carbocycles. The van der Waals surface area contributed by atoms with Gasteiger partial charge in [-0.05, 0) is 42.4 Å². The molecule has 11 heavy (non-hydrogen) atoms. The first kappa shape index (κ1) is 8.47. The minimum Gasteiger partial charge on any atom is -0.507 e. The van der Waals surface area contributed by atoms with Crippen LogP contribution < -0.4 is 0 Å². The van der Waals surface area contributed by atoms with Gasteiger partial charge in [0, 0.05) is 0 Å². The Balaban J connectivity index is 3.08. The van der Waals surface area contributed by atoms with Crippen LogP contribution in [0.4, 0.5) is 0 Å². The third-order valence-electron chi connectivity index (χ3n) is 1.75. The van der Waals surface area contributed by atoms with Gasteiger partial charge in [0.1, 0.15) is 5.76 Å². The second-order valence-corrected chi connectivity index (χ2v) is 3.33. The molecular formula is C9H12OS. The van der Waals surface area contributed by atoms with Gasteiger partial charge in [0.25, 0.3) is 0 Å². The van der Waals surface area contributed by atoms with Gasteiger partial charge in [0.15, 0.2) is 0 Å². The first-order chi connectivity index (χ1) is 5.11. The average Bonchev–Trinajstić information content (AvgIpc) is 2.05. The third-order valence-corrected chi connectivity index (χ3v) is 2.06. The van der Waals surface area contributed by atoms with Crippen molar-refractivity contribution in [1.29, 1.82) is 0 Å². The quantitative estimate of drug-likeness (QED) is 0.533. The minimum atomic E-state index is 0.383. The van der Waals surface area contributed by atoms with Gasteiger partial charge < -0.3 is 5.11 Å². The zero-order valence-electron chi connectivity index (χ0n) is 6.76. The molecule has 0 atom stereocenters. The predicted molar refractivity (Wildman–Crippen MR) is 50.8 cm³/mol. The van der Waals surface area contributed by atoms with E-state index in [1.165, 1.54) is 0 Å². The summed E-state index contributed by atoms with van der Waals surface area (Å²) in [5.41, 5.74) is 1.82. The zero-order chi connectivity index (χ0) is 8.43. The molecule has 0 aromatic carbocycles. The molecule has 0 saturated carbocycles. The lowest BCUT2D eigenvalue weighted by atomic mass is 10.1. The number of thiol groups is 1. The molecule has 0 heterocycles. The maximum atomic E-state index is 9.48. The van der Waals surface area contributed by atoms with Crippen LogP contribution in [0.15, 0.2) is 34.0 Å². The average molecular weight is 168 g/mol. The van der Waals surface area contributed by atoms with Gasteiger partial charge in [-0.3, -0.25) is 0 Å². The molecule has 0 amide bonds. The SMILES string of the molecule is CC1=CCC(S)=CC(C)=C1O. The second kappa shape index (κ2) is 3.18. The predicted octanol–water partition coefficient (Wildman–Crippen LogP) is 2.98. The summed E-state index contributed by atoms with van der Waals surface area (Å²) in [5, 5.41) is 9.48. The van der Waals surface area contributed by atoms with Gasteiger partial charge in [0.05, 0.1) is 0 Å². The summed E-state index contributed by atoms with van der Waals surface area (Å²) in [5.74, 6) is 0.383. The smallest absolute Gasteiger partial charge is 0.121 e. The van der Waals surface area contributed by atoms with E-state index >= 15 is 0 Å². The Morgan fingerprint density at radius 3 is 2.73 bits per heavy atom. The molecule has 0 aromatic heterocycles. The fraction of sp³-hybridized carbons (Fsp3) is 0.333. The van der Waals surface area contributed by atoms with E-state index < -0.39 is 0 Å². The number of aliphatic hydroxyl groups excluding tert-OH is 1. The lowest BCUT2D eigenvalue weighted by Gasteiger charge is -1.99. The molecule has 1 N–H and O–H groups in total. The molecule has 1 nitrogen and oxygen atoms in total. The highest BCUT2D eigenvalue weighted by Gasteiger charge is 2.04. The van der Waals surface area contributed by atoms with Crippen molar-refractivity contribution < 1.29 is 5.11 Å². The summed E-state index contributed by atoms with van der Waals surface area (Å²) >= 11 is 4.24. The molecule has 1 rings (SSSR count). The number of hydrogen-bond acceptors (Lipinski definition) is 2. The summed E-state index contributed by atoms with van der Waals surface area (Å²) < 4.78 is 0. The van der Waals surface area contributed by atoms with Crippen molar-refractivity contribution in [2.75, 3.05) is 0 Å². The number of hydrogen-bond donors (Lipinski definition) is 2. The number of allylic oxidation sites excluding steroid dienone is 5. The minimum absolute atomic E-state index is 0.383. The van der Waals surface area contributed by atoms with E-state index in [2.05, 4.69) is 12.6 Å². The van der Waals surface area contributed by atoms with E-state index in [1.54, 1.807) is 0 Å². The maximum absolute atomic E-state index is 9.48. The summed E-state index contributed by atoms with van der Waals surface area (Å²) in [4.78, 5) is 0.992. The lowest BCUT2D eigenvalue weighted by molar-refractivity contribution is 0.418. The van der Waals surface area contributed by atoms with Crippen molar-refractivity contribution in [3.63, 3.8) is 0 Å². The first-order valence-electron chi connectivity index (χ1n) is 3.58. The van der Waals surface area contributed by atoms with Crippen LogP contribution in [0.25, 0.3) is 0 Å². The molecule has 60 valence electrons. The Labute approximate surface area is 72.5 Å². The summed E-state index contributed by atoms with van der Waals surface area (Å²) in [6.07, 6.45) is 4.69. The fourth-order valence-electron chi connectivity index (χ4n) is 1.04. The Kier molecular flexibility index (Phi) is 2.45. The van der Waals surface area contributed by atoms with Gasteiger partial charge in [-0.1, -0.05) is 6.08 Å². The standard InChI is InChI=1S/C9H12OS/c1-6-3-4-8(11)5-7(2)9(6)10/h3,5,10-11H,4H2,1-2H3. The van der Waals surface area contributed by atoms with Crippen molar-refractivity contribution in [3.05, 3.63) is 34.0 Å². The molecule has 0 unspecified atom stereocenters. The van der Waals surface area contributed by atoms with E-state index in [9.17, 15) is 5.11 Å². The molecule has 0 spiro atoms. The molecule has 0 radical (unpaired) electrons. The van der Waals surface area contributed by atoms with Crippen LogP contribution in [-0.4, -0.2) is 5.11 Å². The maximum Gasteiger partial charge on any atom is 0.121 e. The molecule has 0 bridgehead atoms. The van der Waals surface area contributed by atoms with E-state index in [0.717, 1.165) is 22.5 Å². The van der Waals surface area contributed by atoms with Crippen LogP contribution in [0.5, 0.6) is 0 Å². The van der Waals surface area contributed by atoms with Gasteiger partial charge in [-0.25, -0.2) is 0 Å². The highest BCUT2D eigenvalue weighted by Crippen LogP contribution is 2.22. The van der Waals surface area contributed by atoms with Crippen LogP contribution in [0, 0.1) is 0 Å². The van der Waals surface area contributed by atoms with Crippen LogP contribution in [0.1, 0.15) is 20.3 Å². The van der Waals surface area contributed by atoms with Gasteiger partial charge >= 0.3 is 0 Å². The molecule has 1 aliphatic rings. The largest absolute Gasteiger partial charge is 0.507 e. The lowest BCUT2D eigenvalue weighted by Crippen LogP contribution is -1.85. The normalized spacial score (nSPS) is 19.2. The Bertz CT molecular complexity index is 259. The summed E-state index contributed by atoms with van der Waals surface area (Å²) in [6.45, 7) is 3.78. The van der Waals surface area contributed by atoms with Crippen molar-refractivity contribution in [1.82, 2.24) is 0 Å². The molecule has 0 saturated heterocycles. The Morgan fingerprint density at radius 2 is 2.09 bits per heavy atom. The van der Waals surface area contributed by atoms with E-state index in [1.807, 2.05) is 26.0 Å². The molecule has 2 heteroatoms. The van der Waals surface area contributed by atoms with Crippen LogP contribution in [0.2, 0.25) is 0 Å². The van der Waals surface area contributed by atoms with Gasteiger partial charge in [-0.15, -0.1) is 12.6 Å². The highest BCUT2D eigenvalue weighted by atomic mass is 32.1. The van der Waals surface area contributed by atoms with Crippen LogP contribution in [0.3, 0.4) is 0 Å². The third kappa shape index (κ3) is 1.90. The molecule has 0 aromatic rings. The molecule has 0 aliphatic heterocycles. The van der Waals surface area contributed by atoms with Crippen molar-refractivity contribution in [3.8, 4) is 0 Å². The van der Waals surface area contributed by atoms with E-state index in [4.69, 9.17) is 0 Å². The fourth-order valence-corrected chi connectivity index (χ4v) is 1.33. The molecular weight excluding hydrogens is 156 g/mol. The van der Waals surface area contributed by atoms with Gasteiger partial charge in [-0.2, -0.15) is 0 Å². The van der Waals surface area contributed by atoms with Crippen LogP contribution >= 0.6 is 12.6 Å². The van der Waals surface area contributed by atoms with E-state index in [0.29, 0.717) is 5.76 Å². The van der Waals surface area contributed by atoms with E-state index in [-0.39, 0.29) is 0 Å². The number of rotatable bonds is 0. The van der Waals surface area contributed by atoms with Crippen molar-refractivity contribution >= 4 is 12.6 Å². The highest BCUT2D eigenvalue weighted by molar-refractivity contribution is 7.84. The Hall–Kier alpha value is -0.630. The zero-order valence-corrected chi connectivity index (χ0v) is 7.65. The Morgan fingerprint density at radius 1 is 1.45 bits per heavy atom. The number of aliphatic hydroxyl groups is 1. The molecule has 0 fully saturated rings. The summed E-state index contributed by atoms with van der Waals surface area (Å²) in [7, 11) is 0. The van der Waals surface area contributed by atoms with Crippen molar-refractivity contribution in [2.24, 2.45) is 0 Å². The van der Waals surface area contributed by atoms with Crippen LogP contribution in [-0.2, 0) is 0 Å².